The second kappa shape index (κ2) is 8.17. The van der Waals surface area contributed by atoms with Crippen molar-refractivity contribution in [2.24, 2.45) is 0 Å². The molecule has 0 saturated heterocycles. The minimum atomic E-state index is -0.386. The van der Waals surface area contributed by atoms with Crippen LogP contribution in [-0.4, -0.2) is 21.9 Å². The van der Waals surface area contributed by atoms with Crippen molar-refractivity contribution in [1.29, 1.82) is 0 Å². The van der Waals surface area contributed by atoms with Gasteiger partial charge in [0.1, 0.15) is 5.75 Å². The topological polar surface area (TPSA) is 73.0 Å². The molecule has 0 amide bonds. The number of hydrogen-bond donors (Lipinski definition) is 1. The number of fused-ring (bicyclic) bond motifs is 1. The van der Waals surface area contributed by atoms with Gasteiger partial charge in [0.25, 0.3) is 0 Å². The Hall–Kier alpha value is -3.28. The molecule has 28 heavy (non-hydrogen) atoms. The van der Waals surface area contributed by atoms with Crippen molar-refractivity contribution >= 4 is 10.9 Å². The second-order valence-corrected chi connectivity index (χ2v) is 6.80. The number of ether oxygens (including phenoxy) is 1. The van der Waals surface area contributed by atoms with Crippen molar-refractivity contribution in [2.75, 3.05) is 7.11 Å². The summed E-state index contributed by atoms with van der Waals surface area (Å²) >= 11 is 0. The number of hydrogen-bond acceptors (Lipinski definition) is 4. The number of aromatic amines is 1. The maximum absolute atomic E-state index is 12.1. The number of nitrogens with zero attached hydrogens (tertiary/aromatic N) is 2. The molecule has 0 saturated carbocycles. The fourth-order valence-electron chi connectivity index (χ4n) is 3.40. The maximum Gasteiger partial charge on any atom is 0.437 e. The van der Waals surface area contributed by atoms with E-state index >= 15 is 0 Å². The average Bonchev–Trinajstić information content (AvgIpc) is 3.29. The summed E-state index contributed by atoms with van der Waals surface area (Å²) in [4.78, 5) is 15.3. The summed E-state index contributed by atoms with van der Waals surface area (Å²) < 4.78 is 12.1. The highest BCUT2D eigenvalue weighted by Gasteiger charge is 2.11. The lowest BCUT2D eigenvalue weighted by molar-refractivity contribution is 0.415. The van der Waals surface area contributed by atoms with E-state index < -0.39 is 0 Å². The van der Waals surface area contributed by atoms with E-state index in [0.29, 0.717) is 18.9 Å². The third kappa shape index (κ3) is 4.01. The Bertz CT molecular complexity index is 1110. The van der Waals surface area contributed by atoms with Gasteiger partial charge in [0.2, 0.25) is 5.89 Å². The molecule has 2 heterocycles. The Morgan fingerprint density at radius 3 is 2.79 bits per heavy atom. The molecule has 0 radical (unpaired) electrons. The molecule has 4 rings (SSSR count). The van der Waals surface area contributed by atoms with Crippen LogP contribution < -0.4 is 10.5 Å². The van der Waals surface area contributed by atoms with Crippen molar-refractivity contribution < 1.29 is 9.15 Å². The van der Waals surface area contributed by atoms with E-state index in [1.807, 2.05) is 42.6 Å². The van der Waals surface area contributed by atoms with Crippen LogP contribution in [0.1, 0.15) is 23.4 Å². The van der Waals surface area contributed by atoms with E-state index in [1.54, 1.807) is 7.11 Å². The molecule has 1 N–H and O–H groups in total. The zero-order valence-electron chi connectivity index (χ0n) is 15.9. The van der Waals surface area contributed by atoms with Crippen LogP contribution in [0.4, 0.5) is 0 Å². The first-order chi connectivity index (χ1) is 13.7. The number of benzene rings is 2. The molecule has 144 valence electrons. The van der Waals surface area contributed by atoms with E-state index in [0.717, 1.165) is 41.5 Å². The van der Waals surface area contributed by atoms with Gasteiger partial charge in [-0.05, 0) is 48.6 Å². The molecule has 0 fully saturated rings. The van der Waals surface area contributed by atoms with Crippen LogP contribution in [0.2, 0.25) is 0 Å². The summed E-state index contributed by atoms with van der Waals surface area (Å²) in [5, 5.41) is 5.47. The molecule has 0 atom stereocenters. The van der Waals surface area contributed by atoms with Crippen molar-refractivity contribution in [3.8, 4) is 5.75 Å². The quantitative estimate of drug-likeness (QED) is 0.508. The van der Waals surface area contributed by atoms with Crippen molar-refractivity contribution in [2.45, 2.75) is 32.2 Å². The molecule has 6 nitrogen and oxygen atoms in total. The lowest BCUT2D eigenvalue weighted by atomic mass is 10.1. The Labute approximate surface area is 162 Å². The van der Waals surface area contributed by atoms with E-state index in [-0.39, 0.29) is 5.76 Å². The van der Waals surface area contributed by atoms with Gasteiger partial charge in [-0.3, -0.25) is 0 Å². The highest BCUT2D eigenvalue weighted by Crippen LogP contribution is 2.24. The first-order valence-electron chi connectivity index (χ1n) is 9.47. The monoisotopic (exact) mass is 377 g/mol. The lowest BCUT2D eigenvalue weighted by Crippen LogP contribution is -2.16. The largest absolute Gasteiger partial charge is 0.497 e. The van der Waals surface area contributed by atoms with E-state index in [4.69, 9.17) is 9.15 Å². The minimum Gasteiger partial charge on any atom is -0.497 e. The summed E-state index contributed by atoms with van der Waals surface area (Å²) in [5.41, 5.74) is 3.47. The van der Waals surface area contributed by atoms with Crippen LogP contribution in [-0.2, 0) is 25.8 Å². The molecule has 4 aromatic rings. The number of rotatable bonds is 8. The van der Waals surface area contributed by atoms with Crippen LogP contribution in [0, 0.1) is 0 Å². The van der Waals surface area contributed by atoms with Gasteiger partial charge in [-0.2, -0.15) is 4.68 Å². The molecule has 0 aliphatic rings. The molecule has 0 spiro atoms. The molecule has 6 heteroatoms. The van der Waals surface area contributed by atoms with Gasteiger partial charge in [-0.1, -0.05) is 30.3 Å². The average molecular weight is 377 g/mol. The SMILES string of the molecule is COc1ccc2[nH]cc(CCc3nn(CCCc4ccccc4)c(=O)o3)c2c1. The molecule has 0 aliphatic heterocycles. The molecule has 0 unspecified atom stereocenters. The van der Waals surface area contributed by atoms with Crippen molar-refractivity contribution in [1.82, 2.24) is 14.8 Å². The highest BCUT2D eigenvalue weighted by atomic mass is 16.5. The van der Waals surface area contributed by atoms with Crippen LogP contribution >= 0.6 is 0 Å². The van der Waals surface area contributed by atoms with E-state index in [1.165, 1.54) is 10.2 Å². The summed E-state index contributed by atoms with van der Waals surface area (Å²) in [6.07, 6.45) is 5.05. The molecule has 0 aliphatic carbocycles. The predicted octanol–water partition coefficient (Wildman–Crippen LogP) is 3.74. The zero-order valence-corrected chi connectivity index (χ0v) is 15.9. The van der Waals surface area contributed by atoms with Crippen LogP contribution in [0.15, 0.2) is 63.9 Å². The Morgan fingerprint density at radius 1 is 1.11 bits per heavy atom. The Kier molecular flexibility index (Phi) is 5.28. The van der Waals surface area contributed by atoms with Crippen LogP contribution in [0.5, 0.6) is 5.75 Å². The van der Waals surface area contributed by atoms with Gasteiger partial charge in [-0.25, -0.2) is 4.79 Å². The first-order valence-corrected chi connectivity index (χ1v) is 9.47. The smallest absolute Gasteiger partial charge is 0.437 e. The van der Waals surface area contributed by atoms with Gasteiger partial charge in [0, 0.05) is 30.1 Å². The minimum absolute atomic E-state index is 0.386. The van der Waals surface area contributed by atoms with Gasteiger partial charge in [-0.15, -0.1) is 5.10 Å². The molecular formula is C22H23N3O3. The lowest BCUT2D eigenvalue weighted by Gasteiger charge is -2.01. The van der Waals surface area contributed by atoms with Crippen LogP contribution in [0.25, 0.3) is 10.9 Å². The van der Waals surface area contributed by atoms with Gasteiger partial charge in [0.15, 0.2) is 0 Å². The molecule has 0 bridgehead atoms. The third-order valence-corrected chi connectivity index (χ3v) is 4.91. The Balaban J connectivity index is 1.38. The van der Waals surface area contributed by atoms with Gasteiger partial charge in [0.05, 0.1) is 7.11 Å². The summed E-state index contributed by atoms with van der Waals surface area (Å²) in [6.45, 7) is 0.557. The zero-order chi connectivity index (χ0) is 19.3. The Morgan fingerprint density at radius 2 is 1.96 bits per heavy atom. The molecule has 2 aromatic carbocycles. The summed E-state index contributed by atoms with van der Waals surface area (Å²) in [6, 6.07) is 16.2. The standard InChI is InChI=1S/C22H23N3O3/c1-27-18-10-11-20-19(14-18)17(15-23-20)9-12-21-24-25(22(26)28-21)13-5-8-16-6-3-2-4-7-16/h2-4,6-7,10-11,14-15,23H,5,8-9,12-13H2,1H3. The number of aromatic nitrogens is 3. The molecule has 2 aromatic heterocycles. The van der Waals surface area contributed by atoms with E-state index in [9.17, 15) is 4.79 Å². The number of H-pyrrole nitrogens is 1. The van der Waals surface area contributed by atoms with Crippen LogP contribution in [0.3, 0.4) is 0 Å². The summed E-state index contributed by atoms with van der Waals surface area (Å²) in [5.74, 6) is 0.910. The highest BCUT2D eigenvalue weighted by molar-refractivity contribution is 5.84. The third-order valence-electron chi connectivity index (χ3n) is 4.91. The van der Waals surface area contributed by atoms with Gasteiger partial charge >= 0.3 is 5.76 Å². The van der Waals surface area contributed by atoms with E-state index in [2.05, 4.69) is 22.2 Å². The second-order valence-electron chi connectivity index (χ2n) is 6.80. The first kappa shape index (κ1) is 18.1. The predicted molar refractivity (Wildman–Crippen MR) is 108 cm³/mol. The van der Waals surface area contributed by atoms with Gasteiger partial charge < -0.3 is 14.1 Å². The van der Waals surface area contributed by atoms with Crippen molar-refractivity contribution in [3.05, 3.63) is 82.3 Å². The summed E-state index contributed by atoms with van der Waals surface area (Å²) in [7, 11) is 1.66. The number of methoxy groups -OCH3 is 1. The number of nitrogens with one attached hydrogen (secondary N) is 1. The molecular weight excluding hydrogens is 354 g/mol. The van der Waals surface area contributed by atoms with Crippen molar-refractivity contribution in [3.63, 3.8) is 0 Å². The fraction of sp³-hybridized carbons (Fsp3) is 0.273. The number of aryl methyl sites for hydroxylation is 4. The normalized spacial score (nSPS) is 11.2. The maximum atomic E-state index is 12.1. The fourth-order valence-corrected chi connectivity index (χ4v) is 3.40.